The minimum absolute atomic E-state index is 0.321. The number of methoxy groups -OCH3 is 1. The minimum Gasteiger partial charge on any atom is -0.495 e. The van der Waals surface area contributed by atoms with Crippen LogP contribution in [0.3, 0.4) is 0 Å². The van der Waals surface area contributed by atoms with Crippen molar-refractivity contribution in [1.29, 1.82) is 0 Å². The van der Waals surface area contributed by atoms with Crippen LogP contribution in [-0.4, -0.2) is 36.4 Å². The van der Waals surface area contributed by atoms with Gasteiger partial charge in [0.15, 0.2) is 0 Å². The summed E-state index contributed by atoms with van der Waals surface area (Å²) in [6, 6.07) is 13.3. The van der Waals surface area contributed by atoms with Gasteiger partial charge in [-0.2, -0.15) is 4.31 Å². The second kappa shape index (κ2) is 8.63. The van der Waals surface area contributed by atoms with E-state index in [0.717, 1.165) is 28.1 Å². The molecule has 152 valence electrons. The smallest absolute Gasteiger partial charge is 0.236 e. The van der Waals surface area contributed by atoms with Gasteiger partial charge in [-0.05, 0) is 48.7 Å². The summed E-state index contributed by atoms with van der Waals surface area (Å²) in [5.41, 5.74) is 4.51. The number of hydrogen-bond acceptors (Lipinski definition) is 4. The topological polar surface area (TPSA) is 64.4 Å². The van der Waals surface area contributed by atoms with Crippen molar-refractivity contribution in [1.82, 2.24) is 13.9 Å². The maximum Gasteiger partial charge on any atom is 0.236 e. The number of aromatic nitrogens is 2. The Hall–Kier alpha value is -2.90. The average molecular weight is 412 g/mol. The van der Waals surface area contributed by atoms with Crippen molar-refractivity contribution in [3.05, 3.63) is 82.8 Å². The summed E-state index contributed by atoms with van der Waals surface area (Å²) < 4.78 is 34.0. The van der Waals surface area contributed by atoms with Crippen molar-refractivity contribution < 1.29 is 13.2 Å². The molecule has 0 spiro atoms. The normalized spacial score (nSPS) is 12.0. The van der Waals surface area contributed by atoms with E-state index < -0.39 is 10.0 Å². The van der Waals surface area contributed by atoms with Gasteiger partial charge in [-0.3, -0.25) is 0 Å². The van der Waals surface area contributed by atoms with E-state index in [1.54, 1.807) is 32.6 Å². The summed E-state index contributed by atoms with van der Waals surface area (Å²) in [7, 11) is -0.389. The highest BCUT2D eigenvalue weighted by molar-refractivity contribution is 7.92. The Balaban J connectivity index is 1.80. The van der Waals surface area contributed by atoms with Crippen LogP contribution >= 0.6 is 0 Å². The second-order valence-corrected chi connectivity index (χ2v) is 8.81. The number of aryl methyl sites for hydroxylation is 2. The molecule has 2 aromatic carbocycles. The fourth-order valence-electron chi connectivity index (χ4n) is 2.95. The fraction of sp³-hybridized carbons (Fsp3) is 0.227. The first kappa shape index (κ1) is 20.8. The third kappa shape index (κ3) is 4.93. The van der Waals surface area contributed by atoms with Gasteiger partial charge in [0.05, 0.1) is 24.8 Å². The number of hydrogen-bond donors (Lipinski definition) is 0. The first-order valence-electron chi connectivity index (χ1n) is 9.18. The molecule has 1 heterocycles. The van der Waals surface area contributed by atoms with Crippen LogP contribution in [0.15, 0.2) is 60.4 Å². The monoisotopic (exact) mass is 411 g/mol. The van der Waals surface area contributed by atoms with E-state index in [0.29, 0.717) is 12.3 Å². The summed E-state index contributed by atoms with van der Waals surface area (Å²) in [4.78, 5) is 4.23. The molecule has 0 radical (unpaired) electrons. The Kier molecular flexibility index (Phi) is 6.20. The van der Waals surface area contributed by atoms with Crippen molar-refractivity contribution >= 4 is 16.1 Å². The van der Waals surface area contributed by atoms with E-state index >= 15 is 0 Å². The number of ether oxygens (including phenoxy) is 1. The Morgan fingerprint density at radius 2 is 1.93 bits per heavy atom. The van der Waals surface area contributed by atoms with Gasteiger partial charge in [0.1, 0.15) is 5.75 Å². The SMILES string of the molecule is COc1cc(/C=C/S(=O)(=O)N(C)Cc2ccccc2C)ccc1-n1cnc(C)c1. The summed E-state index contributed by atoms with van der Waals surface area (Å²) in [5, 5.41) is 1.22. The van der Waals surface area contributed by atoms with Gasteiger partial charge >= 0.3 is 0 Å². The van der Waals surface area contributed by atoms with Crippen LogP contribution in [0.5, 0.6) is 5.75 Å². The third-order valence-electron chi connectivity index (χ3n) is 4.71. The molecule has 1 aromatic heterocycles. The molecule has 0 unspecified atom stereocenters. The van der Waals surface area contributed by atoms with Crippen LogP contribution in [0.25, 0.3) is 11.8 Å². The molecule has 0 aliphatic carbocycles. The molecule has 0 aliphatic heterocycles. The summed E-state index contributed by atoms with van der Waals surface area (Å²) in [6.07, 6.45) is 5.20. The largest absolute Gasteiger partial charge is 0.495 e. The quantitative estimate of drug-likeness (QED) is 0.591. The molecular weight excluding hydrogens is 386 g/mol. The fourth-order valence-corrected chi connectivity index (χ4v) is 3.81. The predicted octanol–water partition coefficient (Wildman–Crippen LogP) is 3.93. The van der Waals surface area contributed by atoms with E-state index in [1.165, 1.54) is 9.71 Å². The molecule has 7 heteroatoms. The number of imidazole rings is 1. The van der Waals surface area contributed by atoms with Crippen molar-refractivity contribution in [2.75, 3.05) is 14.2 Å². The van der Waals surface area contributed by atoms with Gasteiger partial charge in [-0.1, -0.05) is 30.3 Å². The molecular formula is C22H25N3O3S. The molecule has 0 aliphatic rings. The van der Waals surface area contributed by atoms with Crippen LogP contribution in [0, 0.1) is 13.8 Å². The van der Waals surface area contributed by atoms with E-state index in [-0.39, 0.29) is 0 Å². The van der Waals surface area contributed by atoms with Crippen molar-refractivity contribution in [3.8, 4) is 11.4 Å². The molecule has 0 fully saturated rings. The molecule has 3 rings (SSSR count). The zero-order valence-electron chi connectivity index (χ0n) is 17.0. The maximum atomic E-state index is 12.7. The molecule has 0 N–H and O–H groups in total. The summed E-state index contributed by atoms with van der Waals surface area (Å²) in [6.45, 7) is 4.21. The second-order valence-electron chi connectivity index (χ2n) is 6.88. The lowest BCUT2D eigenvalue weighted by Crippen LogP contribution is -2.24. The van der Waals surface area contributed by atoms with Gasteiger partial charge in [-0.15, -0.1) is 0 Å². The van der Waals surface area contributed by atoms with Crippen LogP contribution in [0.4, 0.5) is 0 Å². The van der Waals surface area contributed by atoms with E-state index in [9.17, 15) is 8.42 Å². The van der Waals surface area contributed by atoms with Crippen LogP contribution in [0.1, 0.15) is 22.4 Å². The zero-order valence-corrected chi connectivity index (χ0v) is 17.8. The first-order valence-corrected chi connectivity index (χ1v) is 10.7. The number of rotatable bonds is 7. The Morgan fingerprint density at radius 3 is 2.59 bits per heavy atom. The molecule has 29 heavy (non-hydrogen) atoms. The van der Waals surface area contributed by atoms with Crippen LogP contribution in [-0.2, 0) is 16.6 Å². The van der Waals surface area contributed by atoms with Crippen molar-refractivity contribution in [3.63, 3.8) is 0 Å². The predicted molar refractivity (Wildman–Crippen MR) is 115 cm³/mol. The Bertz CT molecular complexity index is 1130. The van der Waals surface area contributed by atoms with Gasteiger partial charge in [0, 0.05) is 25.2 Å². The summed E-state index contributed by atoms with van der Waals surface area (Å²) in [5.74, 6) is 0.634. The Morgan fingerprint density at radius 1 is 1.17 bits per heavy atom. The molecule has 0 atom stereocenters. The lowest BCUT2D eigenvalue weighted by Gasteiger charge is -2.16. The minimum atomic E-state index is -3.56. The van der Waals surface area contributed by atoms with E-state index in [1.807, 2.05) is 61.0 Å². The highest BCUT2D eigenvalue weighted by Crippen LogP contribution is 2.25. The van der Waals surface area contributed by atoms with Crippen molar-refractivity contribution in [2.24, 2.45) is 0 Å². The van der Waals surface area contributed by atoms with Crippen molar-refractivity contribution in [2.45, 2.75) is 20.4 Å². The van der Waals surface area contributed by atoms with E-state index in [4.69, 9.17) is 4.74 Å². The highest BCUT2D eigenvalue weighted by atomic mass is 32.2. The lowest BCUT2D eigenvalue weighted by molar-refractivity contribution is 0.413. The number of benzene rings is 2. The van der Waals surface area contributed by atoms with Crippen LogP contribution < -0.4 is 4.74 Å². The maximum absolute atomic E-state index is 12.7. The zero-order chi connectivity index (χ0) is 21.0. The molecule has 0 saturated heterocycles. The average Bonchev–Trinajstić information content (AvgIpc) is 3.14. The molecule has 6 nitrogen and oxygen atoms in total. The molecule has 0 bridgehead atoms. The standard InChI is InChI=1S/C22H25N3O3S/c1-17-7-5-6-8-20(17)15-24(3)29(26,27)12-11-19-9-10-21(22(13-19)28-4)25-14-18(2)23-16-25/h5-14,16H,15H2,1-4H3/b12-11+. The molecule has 0 amide bonds. The van der Waals surface area contributed by atoms with Crippen LogP contribution in [0.2, 0.25) is 0 Å². The molecule has 0 saturated carbocycles. The molecule has 3 aromatic rings. The first-order chi connectivity index (χ1) is 13.8. The Labute approximate surface area is 172 Å². The van der Waals surface area contributed by atoms with Gasteiger partial charge < -0.3 is 9.30 Å². The van der Waals surface area contributed by atoms with E-state index in [2.05, 4.69) is 4.98 Å². The van der Waals surface area contributed by atoms with Gasteiger partial charge in [0.2, 0.25) is 10.0 Å². The van der Waals surface area contributed by atoms with Gasteiger partial charge in [0.25, 0.3) is 0 Å². The lowest BCUT2D eigenvalue weighted by atomic mass is 10.1. The third-order valence-corrected chi connectivity index (χ3v) is 6.19. The number of sulfonamides is 1. The highest BCUT2D eigenvalue weighted by Gasteiger charge is 2.15. The summed E-state index contributed by atoms with van der Waals surface area (Å²) >= 11 is 0. The van der Waals surface area contributed by atoms with Gasteiger partial charge in [-0.25, -0.2) is 13.4 Å². The number of nitrogens with zero attached hydrogens (tertiary/aromatic N) is 3.